The largest absolute Gasteiger partial charge is 0.478 e. The summed E-state index contributed by atoms with van der Waals surface area (Å²) in [6, 6.07) is 5.92. The van der Waals surface area contributed by atoms with E-state index >= 15 is 0 Å². The van der Waals surface area contributed by atoms with E-state index in [4.69, 9.17) is 16.7 Å². The third-order valence-corrected chi connectivity index (χ3v) is 3.02. The van der Waals surface area contributed by atoms with Gasteiger partial charge in [0.05, 0.1) is 16.3 Å². The van der Waals surface area contributed by atoms with Gasteiger partial charge in [-0.1, -0.05) is 11.6 Å². The number of carbonyl (C=O) groups is 2. The van der Waals surface area contributed by atoms with Crippen molar-refractivity contribution in [1.82, 2.24) is 9.78 Å². The summed E-state index contributed by atoms with van der Waals surface area (Å²) < 4.78 is 1.46. The lowest BCUT2D eigenvalue weighted by molar-refractivity contribution is 0.0696. The first kappa shape index (κ1) is 14.1. The van der Waals surface area contributed by atoms with Gasteiger partial charge in [0.15, 0.2) is 0 Å². The number of carboxylic acids is 1. The van der Waals surface area contributed by atoms with Crippen LogP contribution in [0.3, 0.4) is 0 Å². The number of hydrogen-bond donors (Lipinski definition) is 2. The van der Waals surface area contributed by atoms with Crippen LogP contribution in [0.15, 0.2) is 24.3 Å². The number of benzene rings is 1. The Morgan fingerprint density at radius 2 is 2.05 bits per heavy atom. The van der Waals surface area contributed by atoms with Gasteiger partial charge in [-0.15, -0.1) is 0 Å². The lowest BCUT2D eigenvalue weighted by Gasteiger charge is -2.07. The Bertz CT molecular complexity index is 694. The monoisotopic (exact) mass is 293 g/mol. The van der Waals surface area contributed by atoms with Gasteiger partial charge >= 0.3 is 5.97 Å². The summed E-state index contributed by atoms with van der Waals surface area (Å²) in [7, 11) is 1.66. The number of anilines is 1. The summed E-state index contributed by atoms with van der Waals surface area (Å²) in [6.07, 6.45) is 0. The van der Waals surface area contributed by atoms with E-state index in [2.05, 4.69) is 10.4 Å². The molecule has 1 aromatic heterocycles. The van der Waals surface area contributed by atoms with Crippen molar-refractivity contribution in [3.05, 3.63) is 46.2 Å². The van der Waals surface area contributed by atoms with E-state index in [9.17, 15) is 9.59 Å². The highest BCUT2D eigenvalue weighted by atomic mass is 35.5. The number of amides is 1. The molecule has 1 aromatic carbocycles. The molecule has 1 heterocycles. The molecule has 0 spiro atoms. The molecule has 0 aliphatic heterocycles. The summed E-state index contributed by atoms with van der Waals surface area (Å²) in [4.78, 5) is 23.0. The lowest BCUT2D eigenvalue weighted by Crippen LogP contribution is -2.16. The predicted octanol–water partition coefficient (Wildman–Crippen LogP) is 2.33. The fourth-order valence-corrected chi connectivity index (χ4v) is 1.98. The molecule has 0 aliphatic rings. The molecule has 0 saturated heterocycles. The van der Waals surface area contributed by atoms with Crippen molar-refractivity contribution >= 4 is 29.2 Å². The fraction of sp³-hybridized carbons (Fsp3) is 0.154. The molecule has 0 radical (unpaired) electrons. The topological polar surface area (TPSA) is 84.2 Å². The number of aryl methyl sites for hydroxylation is 2. The maximum Gasteiger partial charge on any atom is 0.337 e. The van der Waals surface area contributed by atoms with Gasteiger partial charge in [0, 0.05) is 12.7 Å². The van der Waals surface area contributed by atoms with Gasteiger partial charge in [-0.3, -0.25) is 9.48 Å². The summed E-state index contributed by atoms with van der Waals surface area (Å²) in [5, 5.41) is 15.8. The van der Waals surface area contributed by atoms with Gasteiger partial charge in [-0.2, -0.15) is 5.10 Å². The molecule has 0 saturated carbocycles. The molecule has 0 bridgehead atoms. The predicted molar refractivity (Wildman–Crippen MR) is 74.3 cm³/mol. The van der Waals surface area contributed by atoms with E-state index < -0.39 is 5.97 Å². The van der Waals surface area contributed by atoms with Gasteiger partial charge in [0.1, 0.15) is 5.69 Å². The average molecular weight is 294 g/mol. The number of nitrogens with zero attached hydrogens (tertiary/aromatic N) is 2. The van der Waals surface area contributed by atoms with Crippen LogP contribution in [0.4, 0.5) is 5.69 Å². The summed E-state index contributed by atoms with van der Waals surface area (Å²) in [6.45, 7) is 1.78. The van der Waals surface area contributed by atoms with Gasteiger partial charge in [0.2, 0.25) is 0 Å². The number of rotatable bonds is 3. The van der Waals surface area contributed by atoms with Crippen LogP contribution >= 0.6 is 11.6 Å². The smallest absolute Gasteiger partial charge is 0.337 e. The fourth-order valence-electron chi connectivity index (χ4n) is 1.79. The molecular formula is C13H12ClN3O3. The number of nitrogens with one attached hydrogen (secondary N) is 1. The number of aromatic carboxylic acids is 1. The minimum Gasteiger partial charge on any atom is -0.478 e. The van der Waals surface area contributed by atoms with Crippen molar-refractivity contribution in [1.29, 1.82) is 0 Å². The summed E-state index contributed by atoms with van der Waals surface area (Å²) >= 11 is 5.77. The SMILES string of the molecule is Cc1cc(C(=O)Nc2ccc(Cl)c(C(=O)O)c2)n(C)n1. The molecule has 0 atom stereocenters. The van der Waals surface area contributed by atoms with Crippen molar-refractivity contribution in [3.63, 3.8) is 0 Å². The first-order valence-corrected chi connectivity index (χ1v) is 6.11. The Balaban J connectivity index is 2.26. The van der Waals surface area contributed by atoms with Crippen LogP contribution in [0, 0.1) is 6.92 Å². The summed E-state index contributed by atoms with van der Waals surface area (Å²) in [5.74, 6) is -1.52. The van der Waals surface area contributed by atoms with Crippen LogP contribution in [0.25, 0.3) is 0 Å². The zero-order chi connectivity index (χ0) is 14.9. The molecule has 2 rings (SSSR count). The van der Waals surface area contributed by atoms with Crippen LogP contribution in [-0.4, -0.2) is 26.8 Å². The second kappa shape index (κ2) is 5.34. The number of halogens is 1. The molecule has 7 heteroatoms. The van der Waals surface area contributed by atoms with E-state index in [0.717, 1.165) is 5.69 Å². The lowest BCUT2D eigenvalue weighted by atomic mass is 10.2. The molecule has 6 nitrogen and oxygen atoms in total. The number of hydrogen-bond acceptors (Lipinski definition) is 3. The zero-order valence-electron chi connectivity index (χ0n) is 10.8. The van der Waals surface area contributed by atoms with Crippen LogP contribution in [0.5, 0.6) is 0 Å². The number of carboxylic acid groups (broad SMARTS) is 1. The summed E-state index contributed by atoms with van der Waals surface area (Å²) in [5.41, 5.74) is 1.40. The quantitative estimate of drug-likeness (QED) is 0.909. The van der Waals surface area contributed by atoms with Gasteiger partial charge in [-0.25, -0.2) is 4.79 Å². The normalized spacial score (nSPS) is 10.3. The Kier molecular flexibility index (Phi) is 3.76. The molecular weight excluding hydrogens is 282 g/mol. The van der Waals surface area contributed by atoms with Crippen LogP contribution in [0.1, 0.15) is 26.5 Å². The van der Waals surface area contributed by atoms with Crippen molar-refractivity contribution in [2.45, 2.75) is 6.92 Å². The van der Waals surface area contributed by atoms with Gasteiger partial charge < -0.3 is 10.4 Å². The minimum absolute atomic E-state index is 0.0642. The van der Waals surface area contributed by atoms with Crippen molar-refractivity contribution in [3.8, 4) is 0 Å². The highest BCUT2D eigenvalue weighted by Gasteiger charge is 2.14. The Morgan fingerprint density at radius 1 is 1.35 bits per heavy atom. The molecule has 104 valence electrons. The van der Waals surface area contributed by atoms with Crippen LogP contribution in [0.2, 0.25) is 5.02 Å². The molecule has 2 N–H and O–H groups in total. The standard InChI is InChI=1S/C13H12ClN3O3/c1-7-5-11(17(2)16-7)12(18)15-8-3-4-10(14)9(6-8)13(19)20/h3-6H,1-2H3,(H,15,18)(H,19,20). The van der Waals surface area contributed by atoms with Gasteiger partial charge in [0.25, 0.3) is 5.91 Å². The zero-order valence-corrected chi connectivity index (χ0v) is 11.6. The highest BCUT2D eigenvalue weighted by Crippen LogP contribution is 2.21. The van der Waals surface area contributed by atoms with Crippen molar-refractivity contribution < 1.29 is 14.7 Å². The Morgan fingerprint density at radius 3 is 2.60 bits per heavy atom. The highest BCUT2D eigenvalue weighted by molar-refractivity contribution is 6.33. The average Bonchev–Trinajstić information content (AvgIpc) is 2.70. The van der Waals surface area contributed by atoms with Crippen molar-refractivity contribution in [2.24, 2.45) is 7.05 Å². The second-order valence-electron chi connectivity index (χ2n) is 4.25. The molecule has 0 unspecified atom stereocenters. The van der Waals surface area contributed by atoms with E-state index in [-0.39, 0.29) is 16.5 Å². The number of aromatic nitrogens is 2. The molecule has 0 fully saturated rings. The Hall–Kier alpha value is -2.34. The van der Waals surface area contributed by atoms with Gasteiger partial charge in [-0.05, 0) is 31.2 Å². The first-order chi connectivity index (χ1) is 9.38. The maximum absolute atomic E-state index is 12.1. The van der Waals surface area contributed by atoms with Crippen LogP contribution < -0.4 is 5.32 Å². The Labute approximate surface area is 120 Å². The second-order valence-corrected chi connectivity index (χ2v) is 4.66. The van der Waals surface area contributed by atoms with Crippen molar-refractivity contribution in [2.75, 3.05) is 5.32 Å². The molecule has 20 heavy (non-hydrogen) atoms. The van der Waals surface area contributed by atoms with E-state index in [1.54, 1.807) is 20.0 Å². The number of carbonyl (C=O) groups excluding carboxylic acids is 1. The minimum atomic E-state index is -1.15. The first-order valence-electron chi connectivity index (χ1n) is 5.73. The molecule has 0 aliphatic carbocycles. The third-order valence-electron chi connectivity index (χ3n) is 2.69. The maximum atomic E-state index is 12.1. The molecule has 2 aromatic rings. The van der Waals surface area contributed by atoms with E-state index in [1.165, 1.54) is 22.9 Å². The molecule has 1 amide bonds. The third kappa shape index (κ3) is 2.80. The van der Waals surface area contributed by atoms with E-state index in [0.29, 0.717) is 11.4 Å². The van der Waals surface area contributed by atoms with Crippen LogP contribution in [-0.2, 0) is 7.05 Å². The van der Waals surface area contributed by atoms with E-state index in [1.807, 2.05) is 0 Å².